The Hall–Kier alpha value is -1.36. The molecule has 2 aliphatic rings. The van der Waals surface area contributed by atoms with Gasteiger partial charge in [-0.1, -0.05) is 6.08 Å². The van der Waals surface area contributed by atoms with E-state index in [1.54, 1.807) is 17.9 Å². The lowest BCUT2D eigenvalue weighted by Crippen LogP contribution is -2.65. The van der Waals surface area contributed by atoms with E-state index in [2.05, 4.69) is 11.9 Å². The van der Waals surface area contributed by atoms with E-state index >= 15 is 0 Å². The summed E-state index contributed by atoms with van der Waals surface area (Å²) in [5.74, 6) is -0.0548. The number of amides is 2. The zero-order valence-corrected chi connectivity index (χ0v) is 10.0. The fraction of sp³-hybridized carbons (Fsp3) is 0.667. The van der Waals surface area contributed by atoms with Gasteiger partial charge in [0.1, 0.15) is 12.1 Å². The summed E-state index contributed by atoms with van der Waals surface area (Å²) >= 11 is 0. The van der Waals surface area contributed by atoms with Gasteiger partial charge < -0.3 is 15.0 Å². The molecule has 0 bridgehead atoms. The first kappa shape index (κ1) is 12.1. The van der Waals surface area contributed by atoms with Crippen LogP contribution in [0.2, 0.25) is 0 Å². The molecule has 0 aromatic carbocycles. The number of hydrogen-bond acceptors (Lipinski definition) is 3. The second-order valence-corrected chi connectivity index (χ2v) is 4.55. The van der Waals surface area contributed by atoms with Crippen LogP contribution in [0, 0.1) is 0 Å². The largest absolute Gasteiger partial charge is 0.374 e. The third-order valence-corrected chi connectivity index (χ3v) is 3.32. The molecular formula is C12H18N2O3. The predicted octanol–water partition coefficient (Wildman–Crippen LogP) is 0.0669. The van der Waals surface area contributed by atoms with Gasteiger partial charge in [-0.25, -0.2) is 0 Å². The Morgan fingerprint density at radius 3 is 3.06 bits per heavy atom. The maximum absolute atomic E-state index is 11.9. The van der Waals surface area contributed by atoms with Crippen LogP contribution in [0.15, 0.2) is 12.7 Å². The number of ether oxygens (including phenoxy) is 1. The summed E-state index contributed by atoms with van der Waals surface area (Å²) in [5, 5.41) is 2.70. The summed E-state index contributed by atoms with van der Waals surface area (Å²) in [6, 6.07) is -0.758. The van der Waals surface area contributed by atoms with Crippen molar-refractivity contribution in [2.24, 2.45) is 0 Å². The number of carbonyl (C=O) groups excluding carboxylic acids is 2. The van der Waals surface area contributed by atoms with E-state index in [1.165, 1.54) is 0 Å². The van der Waals surface area contributed by atoms with Crippen molar-refractivity contribution in [3.8, 4) is 0 Å². The third kappa shape index (κ3) is 2.34. The highest BCUT2D eigenvalue weighted by molar-refractivity contribution is 5.96. The number of piperazine rings is 1. The summed E-state index contributed by atoms with van der Waals surface area (Å²) in [5.41, 5.74) is 0. The van der Waals surface area contributed by atoms with Crippen molar-refractivity contribution in [2.45, 2.75) is 38.0 Å². The van der Waals surface area contributed by atoms with Crippen LogP contribution >= 0.6 is 0 Å². The van der Waals surface area contributed by atoms with Crippen molar-refractivity contribution in [3.05, 3.63) is 12.7 Å². The molecule has 1 N–H and O–H groups in total. The van der Waals surface area contributed by atoms with Gasteiger partial charge in [0, 0.05) is 13.0 Å². The summed E-state index contributed by atoms with van der Waals surface area (Å²) < 4.78 is 5.56. The molecule has 0 unspecified atom stereocenters. The highest BCUT2D eigenvalue weighted by atomic mass is 16.5. The van der Waals surface area contributed by atoms with E-state index in [1.807, 2.05) is 0 Å². The Morgan fingerprint density at radius 1 is 1.59 bits per heavy atom. The molecule has 2 heterocycles. The van der Waals surface area contributed by atoms with Crippen LogP contribution in [-0.2, 0) is 14.3 Å². The number of carbonyl (C=O) groups is 2. The predicted molar refractivity (Wildman–Crippen MR) is 62.3 cm³/mol. The highest BCUT2D eigenvalue weighted by Crippen LogP contribution is 2.23. The molecule has 2 saturated heterocycles. The molecule has 0 aliphatic carbocycles. The average molecular weight is 238 g/mol. The highest BCUT2D eigenvalue weighted by Gasteiger charge is 2.42. The second-order valence-electron chi connectivity index (χ2n) is 4.55. The lowest BCUT2D eigenvalue weighted by molar-refractivity contribution is -0.153. The molecule has 2 fully saturated rings. The Balaban J connectivity index is 2.02. The van der Waals surface area contributed by atoms with Gasteiger partial charge in [0.2, 0.25) is 11.8 Å². The van der Waals surface area contributed by atoms with Gasteiger partial charge in [0.05, 0.1) is 12.7 Å². The normalized spacial score (nSPS) is 33.0. The summed E-state index contributed by atoms with van der Waals surface area (Å²) in [7, 11) is 0. The monoisotopic (exact) mass is 238 g/mol. The first-order chi connectivity index (χ1) is 8.13. The van der Waals surface area contributed by atoms with E-state index in [-0.39, 0.29) is 24.0 Å². The molecule has 2 amide bonds. The second kappa shape index (κ2) is 4.87. The molecule has 5 nitrogen and oxygen atoms in total. The van der Waals surface area contributed by atoms with Crippen molar-refractivity contribution >= 4 is 11.8 Å². The average Bonchev–Trinajstić information content (AvgIpc) is 2.33. The van der Waals surface area contributed by atoms with Crippen LogP contribution in [-0.4, -0.2) is 48.1 Å². The Labute approximate surface area is 101 Å². The van der Waals surface area contributed by atoms with Gasteiger partial charge in [-0.3, -0.25) is 9.59 Å². The molecule has 2 rings (SSSR count). The van der Waals surface area contributed by atoms with Crippen molar-refractivity contribution in [1.82, 2.24) is 10.2 Å². The Morgan fingerprint density at radius 2 is 2.35 bits per heavy atom. The van der Waals surface area contributed by atoms with Gasteiger partial charge >= 0.3 is 0 Å². The lowest BCUT2D eigenvalue weighted by atomic mass is 9.95. The number of nitrogens with one attached hydrogen (secondary N) is 1. The number of nitrogens with zero attached hydrogens (tertiary/aromatic N) is 1. The van der Waals surface area contributed by atoms with Crippen LogP contribution < -0.4 is 5.32 Å². The van der Waals surface area contributed by atoms with Gasteiger partial charge in [0.25, 0.3) is 0 Å². The quantitative estimate of drug-likeness (QED) is 0.708. The van der Waals surface area contributed by atoms with Crippen molar-refractivity contribution in [3.63, 3.8) is 0 Å². The minimum absolute atomic E-state index is 0.0109. The third-order valence-electron chi connectivity index (χ3n) is 3.32. The SMILES string of the molecule is C=CCO[C@@H]1CCN2C(=O)[C@@H](C)NC(=O)[C@@H]2C1. The Kier molecular flexibility index (Phi) is 3.47. The smallest absolute Gasteiger partial charge is 0.245 e. The summed E-state index contributed by atoms with van der Waals surface area (Å²) in [6.07, 6.45) is 3.11. The van der Waals surface area contributed by atoms with Crippen molar-refractivity contribution in [1.29, 1.82) is 0 Å². The first-order valence-electron chi connectivity index (χ1n) is 5.97. The van der Waals surface area contributed by atoms with Crippen LogP contribution in [0.5, 0.6) is 0 Å². The minimum Gasteiger partial charge on any atom is -0.374 e. The Bertz CT molecular complexity index is 343. The molecular weight excluding hydrogens is 220 g/mol. The minimum atomic E-state index is -0.399. The zero-order valence-electron chi connectivity index (χ0n) is 10.0. The van der Waals surface area contributed by atoms with Gasteiger partial charge in [0.15, 0.2) is 0 Å². The topological polar surface area (TPSA) is 58.6 Å². The van der Waals surface area contributed by atoms with E-state index in [9.17, 15) is 9.59 Å². The number of rotatable bonds is 3. The molecule has 0 spiro atoms. The number of piperidine rings is 1. The van der Waals surface area contributed by atoms with Crippen LogP contribution in [0.1, 0.15) is 19.8 Å². The maximum Gasteiger partial charge on any atom is 0.245 e. The number of fused-ring (bicyclic) bond motifs is 1. The molecule has 2 aliphatic heterocycles. The van der Waals surface area contributed by atoms with Gasteiger partial charge in [-0.05, 0) is 13.3 Å². The molecule has 0 saturated carbocycles. The molecule has 0 aromatic rings. The first-order valence-corrected chi connectivity index (χ1v) is 5.97. The fourth-order valence-corrected chi connectivity index (χ4v) is 2.42. The van der Waals surface area contributed by atoms with Crippen LogP contribution in [0.3, 0.4) is 0 Å². The molecule has 0 radical (unpaired) electrons. The van der Waals surface area contributed by atoms with Crippen LogP contribution in [0.25, 0.3) is 0 Å². The fourth-order valence-electron chi connectivity index (χ4n) is 2.42. The molecule has 5 heteroatoms. The summed E-state index contributed by atoms with van der Waals surface area (Å²) in [4.78, 5) is 25.4. The molecule has 17 heavy (non-hydrogen) atoms. The van der Waals surface area contributed by atoms with Crippen LogP contribution in [0.4, 0.5) is 0 Å². The molecule has 0 aromatic heterocycles. The maximum atomic E-state index is 11.9. The number of hydrogen-bond donors (Lipinski definition) is 1. The van der Waals surface area contributed by atoms with E-state index in [0.29, 0.717) is 19.6 Å². The van der Waals surface area contributed by atoms with Crippen molar-refractivity contribution in [2.75, 3.05) is 13.2 Å². The summed E-state index contributed by atoms with van der Waals surface area (Å²) in [6.45, 7) is 6.40. The van der Waals surface area contributed by atoms with Crippen molar-refractivity contribution < 1.29 is 14.3 Å². The standard InChI is InChI=1S/C12H18N2O3/c1-3-6-17-9-4-5-14-10(7-9)11(15)13-8(2)12(14)16/h3,8-10H,1,4-7H2,2H3,(H,13,15)/t8-,9-,10+/m1/s1. The molecule has 3 atom stereocenters. The van der Waals surface area contributed by atoms with Gasteiger partial charge in [-0.2, -0.15) is 0 Å². The van der Waals surface area contributed by atoms with Gasteiger partial charge in [-0.15, -0.1) is 6.58 Å². The molecule has 94 valence electrons. The van der Waals surface area contributed by atoms with E-state index in [4.69, 9.17) is 4.74 Å². The van der Waals surface area contributed by atoms with E-state index < -0.39 is 6.04 Å². The van der Waals surface area contributed by atoms with E-state index in [0.717, 1.165) is 6.42 Å². The zero-order chi connectivity index (χ0) is 12.4. The lowest BCUT2D eigenvalue weighted by Gasteiger charge is -2.43.